The minimum Gasteiger partial charge on any atom is -0.497 e. The Labute approximate surface area is 94.9 Å². The Morgan fingerprint density at radius 1 is 1.19 bits per heavy atom. The second-order valence-electron chi connectivity index (χ2n) is 3.43. The summed E-state index contributed by atoms with van der Waals surface area (Å²) >= 11 is 0. The van der Waals surface area contributed by atoms with Crippen LogP contribution >= 0.6 is 0 Å². The average Bonchev–Trinajstić information content (AvgIpc) is 2.39. The highest BCUT2D eigenvalue weighted by Crippen LogP contribution is 2.24. The van der Waals surface area contributed by atoms with E-state index in [-0.39, 0.29) is 0 Å². The van der Waals surface area contributed by atoms with Gasteiger partial charge < -0.3 is 10.5 Å². The van der Waals surface area contributed by atoms with Crippen LogP contribution in [0.2, 0.25) is 0 Å². The van der Waals surface area contributed by atoms with Gasteiger partial charge in [0.25, 0.3) is 0 Å². The number of hydrogen-bond donors (Lipinski definition) is 1. The van der Waals surface area contributed by atoms with Gasteiger partial charge in [-0.2, -0.15) is 0 Å². The Balaban J connectivity index is 2.42. The van der Waals surface area contributed by atoms with Gasteiger partial charge in [-0.05, 0) is 23.8 Å². The minimum absolute atomic E-state index is 0.447. The van der Waals surface area contributed by atoms with Crippen LogP contribution in [-0.2, 0) is 6.54 Å². The third-order valence-corrected chi connectivity index (χ3v) is 2.48. The molecule has 0 bridgehead atoms. The first-order valence-corrected chi connectivity index (χ1v) is 5.13. The summed E-state index contributed by atoms with van der Waals surface area (Å²) in [5, 5.41) is 0. The van der Waals surface area contributed by atoms with Crippen molar-refractivity contribution in [1.29, 1.82) is 0 Å². The first-order chi connectivity index (χ1) is 7.85. The van der Waals surface area contributed by atoms with Crippen molar-refractivity contribution in [1.82, 2.24) is 4.98 Å². The standard InChI is InChI=1S/C13H14N2O/c1-16-11-6-4-10(5-7-11)12-3-2-8-15-13(12)9-14/h2-8H,9,14H2,1H3. The molecular weight excluding hydrogens is 200 g/mol. The van der Waals surface area contributed by atoms with Crippen LogP contribution in [0.5, 0.6) is 5.75 Å². The Morgan fingerprint density at radius 3 is 2.56 bits per heavy atom. The van der Waals surface area contributed by atoms with Crippen LogP contribution in [0.3, 0.4) is 0 Å². The van der Waals surface area contributed by atoms with Gasteiger partial charge in [-0.3, -0.25) is 4.98 Å². The molecule has 1 aromatic heterocycles. The van der Waals surface area contributed by atoms with Crippen LogP contribution in [0.25, 0.3) is 11.1 Å². The van der Waals surface area contributed by atoms with Gasteiger partial charge in [-0.25, -0.2) is 0 Å². The zero-order valence-electron chi connectivity index (χ0n) is 9.18. The maximum atomic E-state index is 5.66. The van der Waals surface area contributed by atoms with E-state index in [4.69, 9.17) is 10.5 Å². The van der Waals surface area contributed by atoms with E-state index in [0.29, 0.717) is 6.54 Å². The number of nitrogens with zero attached hydrogens (tertiary/aromatic N) is 1. The SMILES string of the molecule is COc1ccc(-c2cccnc2CN)cc1. The highest BCUT2D eigenvalue weighted by Gasteiger charge is 2.04. The van der Waals surface area contributed by atoms with E-state index in [1.807, 2.05) is 36.4 Å². The lowest BCUT2D eigenvalue weighted by Crippen LogP contribution is -2.01. The second-order valence-corrected chi connectivity index (χ2v) is 3.43. The normalized spacial score (nSPS) is 10.1. The van der Waals surface area contributed by atoms with E-state index in [1.165, 1.54) is 0 Å². The fraction of sp³-hybridized carbons (Fsp3) is 0.154. The minimum atomic E-state index is 0.447. The second kappa shape index (κ2) is 4.77. The van der Waals surface area contributed by atoms with Gasteiger partial charge in [0.15, 0.2) is 0 Å². The molecule has 0 saturated carbocycles. The molecule has 2 N–H and O–H groups in total. The highest BCUT2D eigenvalue weighted by atomic mass is 16.5. The highest BCUT2D eigenvalue weighted by molar-refractivity contribution is 5.66. The lowest BCUT2D eigenvalue weighted by Gasteiger charge is -2.07. The van der Waals surface area contributed by atoms with Crippen molar-refractivity contribution in [3.05, 3.63) is 48.3 Å². The van der Waals surface area contributed by atoms with E-state index in [9.17, 15) is 0 Å². The maximum Gasteiger partial charge on any atom is 0.118 e. The molecule has 0 fully saturated rings. The number of nitrogens with two attached hydrogens (primary N) is 1. The fourth-order valence-electron chi connectivity index (χ4n) is 1.63. The summed E-state index contributed by atoms with van der Waals surface area (Å²) in [5.41, 5.74) is 8.75. The van der Waals surface area contributed by atoms with E-state index in [1.54, 1.807) is 13.3 Å². The molecule has 0 atom stereocenters. The third-order valence-electron chi connectivity index (χ3n) is 2.48. The number of ether oxygens (including phenoxy) is 1. The molecule has 0 aliphatic heterocycles. The molecule has 0 aliphatic carbocycles. The molecule has 2 aromatic rings. The van der Waals surface area contributed by atoms with Gasteiger partial charge >= 0.3 is 0 Å². The summed E-state index contributed by atoms with van der Waals surface area (Å²) in [4.78, 5) is 4.26. The van der Waals surface area contributed by atoms with Gasteiger partial charge in [0.05, 0.1) is 12.8 Å². The van der Waals surface area contributed by atoms with Crippen LogP contribution in [0, 0.1) is 0 Å². The Kier molecular flexibility index (Phi) is 3.17. The van der Waals surface area contributed by atoms with Gasteiger partial charge in [0.2, 0.25) is 0 Å². The Bertz CT molecular complexity index is 466. The molecule has 0 spiro atoms. The lowest BCUT2D eigenvalue weighted by molar-refractivity contribution is 0.415. The molecule has 0 unspecified atom stereocenters. The predicted octanol–water partition coefficient (Wildman–Crippen LogP) is 2.22. The van der Waals surface area contributed by atoms with E-state index < -0.39 is 0 Å². The summed E-state index contributed by atoms with van der Waals surface area (Å²) in [7, 11) is 1.66. The van der Waals surface area contributed by atoms with Crippen LogP contribution in [0.15, 0.2) is 42.6 Å². The molecule has 1 heterocycles. The van der Waals surface area contributed by atoms with Crippen molar-refractivity contribution < 1.29 is 4.74 Å². The van der Waals surface area contributed by atoms with Crippen molar-refractivity contribution in [2.45, 2.75) is 6.54 Å². The van der Waals surface area contributed by atoms with Crippen LogP contribution in [0.4, 0.5) is 0 Å². The zero-order chi connectivity index (χ0) is 11.4. The summed E-state index contributed by atoms with van der Waals surface area (Å²) in [6, 6.07) is 11.8. The number of hydrogen-bond acceptors (Lipinski definition) is 3. The predicted molar refractivity (Wildman–Crippen MR) is 64.1 cm³/mol. The molecule has 0 radical (unpaired) electrons. The molecule has 1 aromatic carbocycles. The first kappa shape index (κ1) is 10.6. The van der Waals surface area contributed by atoms with Crippen molar-refractivity contribution in [3.8, 4) is 16.9 Å². The molecule has 82 valence electrons. The first-order valence-electron chi connectivity index (χ1n) is 5.13. The quantitative estimate of drug-likeness (QED) is 0.852. The molecule has 0 saturated heterocycles. The molecule has 0 aliphatic rings. The van der Waals surface area contributed by atoms with Gasteiger partial charge in [0, 0.05) is 18.3 Å². The maximum absolute atomic E-state index is 5.66. The van der Waals surface area contributed by atoms with Gasteiger partial charge in [-0.15, -0.1) is 0 Å². The van der Waals surface area contributed by atoms with Crippen molar-refractivity contribution in [2.24, 2.45) is 5.73 Å². The summed E-state index contributed by atoms with van der Waals surface area (Å²) in [6.45, 7) is 0.447. The molecule has 3 nitrogen and oxygen atoms in total. The molecule has 16 heavy (non-hydrogen) atoms. The zero-order valence-corrected chi connectivity index (χ0v) is 9.18. The van der Waals surface area contributed by atoms with Crippen molar-refractivity contribution in [2.75, 3.05) is 7.11 Å². The van der Waals surface area contributed by atoms with Gasteiger partial charge in [-0.1, -0.05) is 18.2 Å². The smallest absolute Gasteiger partial charge is 0.118 e. The monoisotopic (exact) mass is 214 g/mol. The van der Waals surface area contributed by atoms with Crippen LogP contribution < -0.4 is 10.5 Å². The number of aromatic nitrogens is 1. The van der Waals surface area contributed by atoms with Crippen LogP contribution in [0.1, 0.15) is 5.69 Å². The topological polar surface area (TPSA) is 48.1 Å². The Morgan fingerprint density at radius 2 is 1.94 bits per heavy atom. The average molecular weight is 214 g/mol. The Hall–Kier alpha value is -1.87. The number of methoxy groups -OCH3 is 1. The van der Waals surface area contributed by atoms with Crippen molar-refractivity contribution >= 4 is 0 Å². The van der Waals surface area contributed by atoms with Crippen LogP contribution in [-0.4, -0.2) is 12.1 Å². The fourth-order valence-corrected chi connectivity index (χ4v) is 1.63. The lowest BCUT2D eigenvalue weighted by atomic mass is 10.0. The molecular formula is C13H14N2O. The molecule has 2 rings (SSSR count). The van der Waals surface area contributed by atoms with Crippen molar-refractivity contribution in [3.63, 3.8) is 0 Å². The molecule has 0 amide bonds. The largest absolute Gasteiger partial charge is 0.497 e. The summed E-state index contributed by atoms with van der Waals surface area (Å²) < 4.78 is 5.12. The number of pyridine rings is 1. The molecule has 3 heteroatoms. The van der Waals surface area contributed by atoms with Gasteiger partial charge in [0.1, 0.15) is 5.75 Å². The summed E-state index contributed by atoms with van der Waals surface area (Å²) in [5.74, 6) is 0.849. The number of rotatable bonds is 3. The third kappa shape index (κ3) is 2.04. The summed E-state index contributed by atoms with van der Waals surface area (Å²) in [6.07, 6.45) is 1.76. The van der Waals surface area contributed by atoms with E-state index in [2.05, 4.69) is 4.98 Å². The number of benzene rings is 1. The van der Waals surface area contributed by atoms with E-state index >= 15 is 0 Å². The van der Waals surface area contributed by atoms with E-state index in [0.717, 1.165) is 22.6 Å².